The van der Waals surface area contributed by atoms with Crippen molar-refractivity contribution in [2.45, 2.75) is 38.1 Å². The fourth-order valence-electron chi connectivity index (χ4n) is 2.79. The molecule has 1 unspecified atom stereocenters. The molecule has 0 aliphatic carbocycles. The van der Waals surface area contributed by atoms with Gasteiger partial charge in [0, 0.05) is 29.5 Å². The molecule has 0 amide bonds. The number of carboxylic acids is 1. The first-order valence-electron chi connectivity index (χ1n) is 6.91. The minimum atomic E-state index is -0.828. The van der Waals surface area contributed by atoms with Crippen molar-refractivity contribution >= 4 is 33.3 Å². The van der Waals surface area contributed by atoms with Gasteiger partial charge in [0.2, 0.25) is 0 Å². The van der Waals surface area contributed by atoms with Crippen LogP contribution in [0.2, 0.25) is 0 Å². The van der Waals surface area contributed by atoms with Gasteiger partial charge in [-0.15, -0.1) is 0 Å². The number of nitro groups is 1. The fourth-order valence-corrected chi connectivity index (χ4v) is 3.14. The predicted molar refractivity (Wildman–Crippen MR) is 82.7 cm³/mol. The van der Waals surface area contributed by atoms with Gasteiger partial charge in [0.1, 0.15) is 5.69 Å². The largest absolute Gasteiger partial charge is 0.481 e. The second kappa shape index (κ2) is 6.89. The highest BCUT2D eigenvalue weighted by Gasteiger charge is 2.28. The number of carboxylic acid groups (broad SMARTS) is 1. The Labute approximate surface area is 131 Å². The fraction of sp³-hybridized carbons (Fsp3) is 0.500. The first kappa shape index (κ1) is 15.8. The van der Waals surface area contributed by atoms with Gasteiger partial charge in [-0.3, -0.25) is 14.9 Å². The van der Waals surface area contributed by atoms with Gasteiger partial charge in [0.05, 0.1) is 4.92 Å². The lowest BCUT2D eigenvalue weighted by atomic mass is 9.97. The van der Waals surface area contributed by atoms with E-state index < -0.39 is 5.97 Å². The molecule has 1 aromatic rings. The molecule has 0 bridgehead atoms. The van der Waals surface area contributed by atoms with E-state index in [4.69, 9.17) is 5.11 Å². The van der Waals surface area contributed by atoms with Crippen molar-refractivity contribution in [3.63, 3.8) is 0 Å². The zero-order valence-electron chi connectivity index (χ0n) is 11.5. The third kappa shape index (κ3) is 3.93. The molecule has 21 heavy (non-hydrogen) atoms. The monoisotopic (exact) mass is 356 g/mol. The number of rotatable bonds is 5. The third-order valence-corrected chi connectivity index (χ3v) is 4.26. The smallest absolute Gasteiger partial charge is 0.303 e. The van der Waals surface area contributed by atoms with Crippen molar-refractivity contribution in [3.05, 3.63) is 32.8 Å². The zero-order chi connectivity index (χ0) is 15.4. The minimum absolute atomic E-state index is 0.0507. The first-order chi connectivity index (χ1) is 9.99. The third-order valence-electron chi connectivity index (χ3n) is 3.76. The number of hydrogen-bond donors (Lipinski definition) is 1. The highest BCUT2D eigenvalue weighted by atomic mass is 79.9. The molecular weight excluding hydrogens is 340 g/mol. The molecule has 6 nitrogen and oxygen atoms in total. The Balaban J connectivity index is 2.28. The Bertz CT molecular complexity index is 550. The van der Waals surface area contributed by atoms with E-state index in [1.165, 1.54) is 6.07 Å². The predicted octanol–water partition coefficient (Wildman–Crippen LogP) is 3.58. The van der Waals surface area contributed by atoms with Crippen molar-refractivity contribution in [1.29, 1.82) is 0 Å². The number of benzene rings is 1. The molecule has 2 rings (SSSR count). The summed E-state index contributed by atoms with van der Waals surface area (Å²) in [4.78, 5) is 23.6. The number of anilines is 1. The van der Waals surface area contributed by atoms with Crippen LogP contribution in [0.4, 0.5) is 11.4 Å². The Morgan fingerprint density at radius 3 is 2.90 bits per heavy atom. The maximum atomic E-state index is 11.3. The Morgan fingerprint density at radius 2 is 2.24 bits per heavy atom. The highest BCUT2D eigenvalue weighted by molar-refractivity contribution is 9.10. The van der Waals surface area contributed by atoms with E-state index in [2.05, 4.69) is 15.9 Å². The molecule has 114 valence electrons. The number of piperidine rings is 1. The summed E-state index contributed by atoms with van der Waals surface area (Å²) in [6, 6.07) is 5.07. The number of aliphatic carboxylic acids is 1. The molecule has 1 aliphatic heterocycles. The number of nitrogens with zero attached hydrogens (tertiary/aromatic N) is 2. The van der Waals surface area contributed by atoms with Crippen LogP contribution in [0.15, 0.2) is 22.7 Å². The van der Waals surface area contributed by atoms with Gasteiger partial charge in [0.25, 0.3) is 5.69 Å². The minimum Gasteiger partial charge on any atom is -0.481 e. The van der Waals surface area contributed by atoms with E-state index in [0.717, 1.165) is 25.8 Å². The van der Waals surface area contributed by atoms with E-state index in [9.17, 15) is 14.9 Å². The van der Waals surface area contributed by atoms with E-state index in [0.29, 0.717) is 16.6 Å². The zero-order valence-corrected chi connectivity index (χ0v) is 13.1. The molecule has 0 spiro atoms. The van der Waals surface area contributed by atoms with Crippen LogP contribution in [0.25, 0.3) is 0 Å². The molecule has 1 atom stereocenters. The van der Waals surface area contributed by atoms with Crippen molar-refractivity contribution < 1.29 is 14.8 Å². The normalized spacial score (nSPS) is 18.5. The Morgan fingerprint density at radius 1 is 1.48 bits per heavy atom. The quantitative estimate of drug-likeness (QED) is 0.643. The summed E-state index contributed by atoms with van der Waals surface area (Å²) in [5.74, 6) is -0.828. The van der Waals surface area contributed by atoms with Crippen LogP contribution in [0, 0.1) is 10.1 Å². The van der Waals surface area contributed by atoms with Crippen LogP contribution >= 0.6 is 15.9 Å². The summed E-state index contributed by atoms with van der Waals surface area (Å²) in [6.45, 7) is 0.729. The molecule has 1 saturated heterocycles. The van der Waals surface area contributed by atoms with Crippen LogP contribution < -0.4 is 4.90 Å². The lowest BCUT2D eigenvalue weighted by molar-refractivity contribution is -0.384. The summed E-state index contributed by atoms with van der Waals surface area (Å²) in [6.07, 6.45) is 3.48. The first-order valence-corrected chi connectivity index (χ1v) is 7.70. The van der Waals surface area contributed by atoms with E-state index in [1.807, 2.05) is 4.90 Å². The number of nitro benzene ring substituents is 1. The molecule has 1 fully saturated rings. The maximum absolute atomic E-state index is 11.3. The van der Waals surface area contributed by atoms with Crippen molar-refractivity contribution in [2.75, 3.05) is 11.4 Å². The number of halogens is 1. The van der Waals surface area contributed by atoms with E-state index >= 15 is 0 Å². The molecule has 1 aliphatic rings. The molecule has 1 N–H and O–H groups in total. The molecule has 0 aromatic heterocycles. The summed E-state index contributed by atoms with van der Waals surface area (Å²) in [7, 11) is 0. The number of carbonyl (C=O) groups is 1. The summed E-state index contributed by atoms with van der Waals surface area (Å²) < 4.78 is 0.664. The molecule has 0 radical (unpaired) electrons. The van der Waals surface area contributed by atoms with Gasteiger partial charge in [-0.1, -0.05) is 15.9 Å². The molecule has 1 aromatic carbocycles. The summed E-state index contributed by atoms with van der Waals surface area (Å²) in [5, 5.41) is 20.1. The van der Waals surface area contributed by atoms with Crippen LogP contribution in [0.5, 0.6) is 0 Å². The standard InChI is InChI=1S/C14H17BrN2O4/c15-10-4-6-12(13(9-10)17(20)21)16-8-2-1-3-11(16)5-7-14(18)19/h4,6,9,11H,1-3,5,7-8H2,(H,18,19). The second-order valence-electron chi connectivity index (χ2n) is 5.17. The average molecular weight is 357 g/mol. The molecule has 7 heteroatoms. The Kier molecular flexibility index (Phi) is 5.17. The van der Waals surface area contributed by atoms with E-state index in [-0.39, 0.29) is 23.1 Å². The topological polar surface area (TPSA) is 83.7 Å². The van der Waals surface area contributed by atoms with Gasteiger partial charge in [-0.25, -0.2) is 0 Å². The SMILES string of the molecule is O=C(O)CCC1CCCCN1c1ccc(Br)cc1[N+](=O)[O-]. The average Bonchev–Trinajstić information content (AvgIpc) is 2.45. The number of hydrogen-bond acceptors (Lipinski definition) is 4. The summed E-state index contributed by atoms with van der Waals surface area (Å²) >= 11 is 3.25. The van der Waals surface area contributed by atoms with Crippen LogP contribution in [-0.2, 0) is 4.79 Å². The van der Waals surface area contributed by atoms with E-state index in [1.54, 1.807) is 12.1 Å². The van der Waals surface area contributed by atoms with Crippen LogP contribution in [0.1, 0.15) is 32.1 Å². The van der Waals surface area contributed by atoms with Gasteiger partial charge < -0.3 is 10.0 Å². The van der Waals surface area contributed by atoms with Gasteiger partial charge in [-0.2, -0.15) is 0 Å². The van der Waals surface area contributed by atoms with Gasteiger partial charge in [-0.05, 0) is 37.8 Å². The molecule has 0 saturated carbocycles. The molecular formula is C14H17BrN2O4. The Hall–Kier alpha value is -1.63. The lowest BCUT2D eigenvalue weighted by Gasteiger charge is -2.37. The van der Waals surface area contributed by atoms with Gasteiger partial charge in [0.15, 0.2) is 0 Å². The second-order valence-corrected chi connectivity index (χ2v) is 6.08. The summed E-state index contributed by atoms with van der Waals surface area (Å²) in [5.41, 5.74) is 0.643. The molecule has 1 heterocycles. The van der Waals surface area contributed by atoms with Crippen LogP contribution in [0.3, 0.4) is 0 Å². The maximum Gasteiger partial charge on any atom is 0.303 e. The van der Waals surface area contributed by atoms with Crippen molar-refractivity contribution in [3.8, 4) is 0 Å². The lowest BCUT2D eigenvalue weighted by Crippen LogP contribution is -2.40. The highest BCUT2D eigenvalue weighted by Crippen LogP contribution is 2.35. The van der Waals surface area contributed by atoms with Crippen molar-refractivity contribution in [2.24, 2.45) is 0 Å². The van der Waals surface area contributed by atoms with Crippen LogP contribution in [-0.4, -0.2) is 28.6 Å². The van der Waals surface area contributed by atoms with Crippen molar-refractivity contribution in [1.82, 2.24) is 0 Å². The van der Waals surface area contributed by atoms with Gasteiger partial charge >= 0.3 is 5.97 Å².